The maximum Gasteiger partial charge on any atom is 0.133 e. The molecule has 0 aliphatic rings. The van der Waals surface area contributed by atoms with Gasteiger partial charge in [0, 0.05) is 30.1 Å². The zero-order chi connectivity index (χ0) is 10.4. The Balaban J connectivity index is 2.41. The lowest BCUT2D eigenvalue weighted by Gasteiger charge is -2.12. The standard InChI is InChI=1S/C10H15ClN2S/c1-8(7-14-2)13-6-9-4-3-5-12-10(9)11/h3-5,8,13H,6-7H2,1-2H3. The Labute approximate surface area is 94.5 Å². The fourth-order valence-corrected chi connectivity index (χ4v) is 1.95. The molecule has 2 nitrogen and oxygen atoms in total. The highest BCUT2D eigenvalue weighted by Crippen LogP contribution is 2.11. The van der Waals surface area contributed by atoms with Crippen molar-refractivity contribution < 1.29 is 0 Å². The van der Waals surface area contributed by atoms with Crippen LogP contribution in [0.1, 0.15) is 12.5 Å². The molecule has 1 atom stereocenters. The molecule has 0 amide bonds. The van der Waals surface area contributed by atoms with E-state index in [0.29, 0.717) is 11.2 Å². The van der Waals surface area contributed by atoms with Gasteiger partial charge in [-0.1, -0.05) is 17.7 Å². The third-order valence-corrected chi connectivity index (χ3v) is 3.07. The van der Waals surface area contributed by atoms with Gasteiger partial charge in [0.2, 0.25) is 0 Å². The molecule has 78 valence electrons. The van der Waals surface area contributed by atoms with Gasteiger partial charge in [0.1, 0.15) is 5.15 Å². The summed E-state index contributed by atoms with van der Waals surface area (Å²) in [5.74, 6) is 1.11. The number of thioether (sulfide) groups is 1. The molecule has 1 aromatic rings. The fourth-order valence-electron chi connectivity index (χ4n) is 1.14. The monoisotopic (exact) mass is 230 g/mol. The van der Waals surface area contributed by atoms with Crippen LogP contribution in [0.5, 0.6) is 0 Å². The van der Waals surface area contributed by atoms with Gasteiger partial charge in [-0.25, -0.2) is 4.98 Å². The predicted octanol–water partition coefficient (Wildman–Crippen LogP) is 2.58. The number of aromatic nitrogens is 1. The molecule has 1 aromatic heterocycles. The van der Waals surface area contributed by atoms with Crippen LogP contribution in [0.15, 0.2) is 18.3 Å². The first-order valence-corrected chi connectivity index (χ1v) is 6.33. The zero-order valence-corrected chi connectivity index (χ0v) is 10.0. The van der Waals surface area contributed by atoms with Crippen molar-refractivity contribution in [1.29, 1.82) is 0 Å². The predicted molar refractivity (Wildman–Crippen MR) is 63.9 cm³/mol. The highest BCUT2D eigenvalue weighted by Gasteiger charge is 2.03. The van der Waals surface area contributed by atoms with Gasteiger partial charge in [-0.05, 0) is 19.2 Å². The minimum atomic E-state index is 0.501. The molecule has 0 spiro atoms. The molecule has 1 N–H and O–H groups in total. The largest absolute Gasteiger partial charge is 0.309 e. The van der Waals surface area contributed by atoms with Crippen LogP contribution in [-0.2, 0) is 6.54 Å². The minimum Gasteiger partial charge on any atom is -0.309 e. The van der Waals surface area contributed by atoms with E-state index in [9.17, 15) is 0 Å². The van der Waals surface area contributed by atoms with Crippen LogP contribution < -0.4 is 5.32 Å². The van der Waals surface area contributed by atoms with Gasteiger partial charge in [-0.3, -0.25) is 0 Å². The summed E-state index contributed by atoms with van der Waals surface area (Å²) in [6.07, 6.45) is 3.81. The third kappa shape index (κ3) is 3.86. The number of hydrogen-bond donors (Lipinski definition) is 1. The van der Waals surface area contributed by atoms with E-state index in [-0.39, 0.29) is 0 Å². The van der Waals surface area contributed by atoms with Crippen LogP contribution in [0, 0.1) is 0 Å². The molecule has 1 rings (SSSR count). The maximum absolute atomic E-state index is 5.93. The number of halogens is 1. The lowest BCUT2D eigenvalue weighted by Crippen LogP contribution is -2.27. The minimum absolute atomic E-state index is 0.501. The van der Waals surface area contributed by atoms with Crippen LogP contribution in [-0.4, -0.2) is 23.0 Å². The lowest BCUT2D eigenvalue weighted by molar-refractivity contribution is 0.595. The number of nitrogens with zero attached hydrogens (tertiary/aromatic N) is 1. The Morgan fingerprint density at radius 2 is 2.43 bits per heavy atom. The summed E-state index contributed by atoms with van der Waals surface area (Å²) in [5, 5.41) is 3.99. The summed E-state index contributed by atoms with van der Waals surface area (Å²) in [5.41, 5.74) is 1.06. The molecule has 1 heterocycles. The summed E-state index contributed by atoms with van der Waals surface area (Å²) in [6.45, 7) is 2.95. The smallest absolute Gasteiger partial charge is 0.133 e. The second kappa shape index (κ2) is 6.27. The van der Waals surface area contributed by atoms with E-state index in [1.807, 2.05) is 23.9 Å². The lowest BCUT2D eigenvalue weighted by atomic mass is 10.2. The van der Waals surface area contributed by atoms with Crippen molar-refractivity contribution in [3.63, 3.8) is 0 Å². The maximum atomic E-state index is 5.93. The molecule has 0 saturated heterocycles. The van der Waals surface area contributed by atoms with Crippen LogP contribution in [0.4, 0.5) is 0 Å². The Kier molecular flexibility index (Phi) is 5.30. The van der Waals surface area contributed by atoms with E-state index in [4.69, 9.17) is 11.6 Å². The van der Waals surface area contributed by atoms with E-state index in [1.54, 1.807) is 6.20 Å². The Bertz CT molecular complexity index is 281. The van der Waals surface area contributed by atoms with Gasteiger partial charge >= 0.3 is 0 Å². The van der Waals surface area contributed by atoms with Crippen LogP contribution in [0.2, 0.25) is 5.15 Å². The van der Waals surface area contributed by atoms with Crippen molar-refractivity contribution >= 4 is 23.4 Å². The number of nitrogens with one attached hydrogen (secondary N) is 1. The van der Waals surface area contributed by atoms with Crippen LogP contribution in [0.3, 0.4) is 0 Å². The van der Waals surface area contributed by atoms with Crippen molar-refractivity contribution in [3.05, 3.63) is 29.0 Å². The van der Waals surface area contributed by atoms with Gasteiger partial charge in [0.05, 0.1) is 0 Å². The second-order valence-corrected chi connectivity index (χ2v) is 4.46. The number of rotatable bonds is 5. The van der Waals surface area contributed by atoms with E-state index >= 15 is 0 Å². The van der Waals surface area contributed by atoms with Crippen LogP contribution >= 0.6 is 23.4 Å². The summed E-state index contributed by atoms with van der Waals surface area (Å²) < 4.78 is 0. The SMILES string of the molecule is CSCC(C)NCc1cccnc1Cl. The quantitative estimate of drug-likeness (QED) is 0.788. The van der Waals surface area contributed by atoms with Crippen molar-refractivity contribution in [2.24, 2.45) is 0 Å². The second-order valence-electron chi connectivity index (χ2n) is 3.19. The molecular weight excluding hydrogens is 216 g/mol. The van der Waals surface area contributed by atoms with Crippen molar-refractivity contribution in [2.75, 3.05) is 12.0 Å². The zero-order valence-electron chi connectivity index (χ0n) is 8.46. The Morgan fingerprint density at radius 1 is 1.64 bits per heavy atom. The molecule has 0 bridgehead atoms. The average molecular weight is 231 g/mol. The van der Waals surface area contributed by atoms with E-state index in [1.165, 1.54) is 0 Å². The van der Waals surface area contributed by atoms with E-state index < -0.39 is 0 Å². The molecule has 0 saturated carbocycles. The van der Waals surface area contributed by atoms with Gasteiger partial charge in [0.15, 0.2) is 0 Å². The van der Waals surface area contributed by atoms with Gasteiger partial charge in [0.25, 0.3) is 0 Å². The molecule has 0 aliphatic heterocycles. The molecule has 4 heteroatoms. The normalized spacial score (nSPS) is 12.8. The molecule has 0 radical (unpaired) electrons. The van der Waals surface area contributed by atoms with Crippen molar-refractivity contribution in [2.45, 2.75) is 19.5 Å². The molecule has 0 aliphatic carbocycles. The van der Waals surface area contributed by atoms with Gasteiger partial charge in [-0.2, -0.15) is 11.8 Å². The molecular formula is C10H15ClN2S. The highest BCUT2D eigenvalue weighted by molar-refractivity contribution is 7.98. The molecule has 1 unspecified atom stereocenters. The summed E-state index contributed by atoms with van der Waals surface area (Å²) in [7, 11) is 0. The molecule has 14 heavy (non-hydrogen) atoms. The summed E-state index contributed by atoms with van der Waals surface area (Å²) >= 11 is 7.77. The van der Waals surface area contributed by atoms with E-state index in [2.05, 4.69) is 23.5 Å². The average Bonchev–Trinajstić information content (AvgIpc) is 2.17. The van der Waals surface area contributed by atoms with Gasteiger partial charge < -0.3 is 5.32 Å². The number of hydrogen-bond acceptors (Lipinski definition) is 3. The molecule has 0 fully saturated rings. The Hall–Kier alpha value is -0.250. The van der Waals surface area contributed by atoms with Crippen LogP contribution in [0.25, 0.3) is 0 Å². The Morgan fingerprint density at radius 3 is 3.07 bits per heavy atom. The molecule has 0 aromatic carbocycles. The van der Waals surface area contributed by atoms with E-state index in [0.717, 1.165) is 17.9 Å². The fraction of sp³-hybridized carbons (Fsp3) is 0.500. The topological polar surface area (TPSA) is 24.9 Å². The number of pyridine rings is 1. The third-order valence-electron chi connectivity index (χ3n) is 1.89. The van der Waals surface area contributed by atoms with Crippen molar-refractivity contribution in [3.8, 4) is 0 Å². The first-order valence-electron chi connectivity index (χ1n) is 4.55. The summed E-state index contributed by atoms with van der Waals surface area (Å²) in [4.78, 5) is 4.02. The van der Waals surface area contributed by atoms with Gasteiger partial charge in [-0.15, -0.1) is 0 Å². The first kappa shape index (κ1) is 11.8. The highest BCUT2D eigenvalue weighted by atomic mass is 35.5. The summed E-state index contributed by atoms with van der Waals surface area (Å²) in [6, 6.07) is 4.40. The van der Waals surface area contributed by atoms with Crippen molar-refractivity contribution in [1.82, 2.24) is 10.3 Å². The first-order chi connectivity index (χ1) is 6.74.